The summed E-state index contributed by atoms with van der Waals surface area (Å²) in [6, 6.07) is 1.34. The van der Waals surface area contributed by atoms with Crippen molar-refractivity contribution >= 4 is 56.6 Å². The van der Waals surface area contributed by atoms with E-state index in [4.69, 9.17) is 0 Å². The standard InChI is InChI=1S/C14H11BrN2O7S/c1-6(13(20)24-2)16-12(19)10(25-14(16)21)5-7-3-8(15)11(18)9(4-7)17(22)23/h3-6,18H,1-2H3/b10-5+/t6-/m1/s1. The zero-order valence-corrected chi connectivity index (χ0v) is 15.3. The van der Waals surface area contributed by atoms with Gasteiger partial charge in [-0.15, -0.1) is 0 Å². The van der Waals surface area contributed by atoms with Crippen molar-refractivity contribution in [2.24, 2.45) is 0 Å². The molecule has 1 heterocycles. The average molecular weight is 431 g/mol. The average Bonchev–Trinajstić information content (AvgIpc) is 2.82. The van der Waals surface area contributed by atoms with Crippen LogP contribution in [0.25, 0.3) is 6.08 Å². The Balaban J connectivity index is 2.40. The molecule has 1 atom stereocenters. The summed E-state index contributed by atoms with van der Waals surface area (Å²) in [5.41, 5.74) is -0.324. The van der Waals surface area contributed by atoms with Crippen LogP contribution in [0.5, 0.6) is 5.75 Å². The molecule has 1 saturated heterocycles. The van der Waals surface area contributed by atoms with Crippen molar-refractivity contribution in [1.82, 2.24) is 4.90 Å². The number of rotatable bonds is 4. The van der Waals surface area contributed by atoms with E-state index >= 15 is 0 Å². The number of aromatic hydroxyl groups is 1. The highest BCUT2D eigenvalue weighted by Crippen LogP contribution is 2.38. The van der Waals surface area contributed by atoms with E-state index in [-0.39, 0.29) is 14.9 Å². The van der Waals surface area contributed by atoms with E-state index in [0.29, 0.717) is 11.8 Å². The van der Waals surface area contributed by atoms with Crippen molar-refractivity contribution < 1.29 is 29.2 Å². The second-order valence-corrected chi connectivity index (χ2v) is 6.73. The number of carbonyl (C=O) groups is 3. The van der Waals surface area contributed by atoms with Gasteiger partial charge in [-0.2, -0.15) is 0 Å². The molecule has 1 aromatic rings. The molecular weight excluding hydrogens is 420 g/mol. The topological polar surface area (TPSA) is 127 Å². The number of nitrogens with zero attached hydrogens (tertiary/aromatic N) is 2. The molecule has 0 spiro atoms. The molecule has 11 heteroatoms. The Morgan fingerprint density at radius 3 is 2.68 bits per heavy atom. The Labute approximate surface area is 153 Å². The number of phenols is 1. The summed E-state index contributed by atoms with van der Waals surface area (Å²) in [6.45, 7) is 1.35. The Kier molecular flexibility index (Phi) is 5.48. The monoisotopic (exact) mass is 430 g/mol. The van der Waals surface area contributed by atoms with E-state index in [1.54, 1.807) is 0 Å². The highest BCUT2D eigenvalue weighted by atomic mass is 79.9. The van der Waals surface area contributed by atoms with Gasteiger partial charge in [0.15, 0.2) is 0 Å². The Bertz CT molecular complexity index is 824. The molecule has 1 aliphatic rings. The lowest BCUT2D eigenvalue weighted by Crippen LogP contribution is -2.42. The van der Waals surface area contributed by atoms with Gasteiger partial charge in [0.2, 0.25) is 5.75 Å². The number of thioether (sulfide) groups is 1. The number of imide groups is 1. The van der Waals surface area contributed by atoms with Crippen molar-refractivity contribution in [1.29, 1.82) is 0 Å². The summed E-state index contributed by atoms with van der Waals surface area (Å²) < 4.78 is 4.59. The predicted molar refractivity (Wildman–Crippen MR) is 91.7 cm³/mol. The summed E-state index contributed by atoms with van der Waals surface area (Å²) in [5, 5.41) is 20.0. The van der Waals surface area contributed by atoms with Gasteiger partial charge in [0.05, 0.1) is 21.4 Å². The third kappa shape index (κ3) is 3.66. The minimum absolute atomic E-state index is 0.00681. The Morgan fingerprint density at radius 2 is 2.12 bits per heavy atom. The zero-order chi connectivity index (χ0) is 18.9. The highest BCUT2D eigenvalue weighted by Gasteiger charge is 2.41. The van der Waals surface area contributed by atoms with Crippen LogP contribution in [0.15, 0.2) is 21.5 Å². The first kappa shape index (κ1) is 18.9. The molecule has 0 bridgehead atoms. The zero-order valence-electron chi connectivity index (χ0n) is 12.9. The fourth-order valence-electron chi connectivity index (χ4n) is 2.07. The van der Waals surface area contributed by atoms with Crippen LogP contribution in [0.2, 0.25) is 0 Å². The first-order valence-electron chi connectivity index (χ1n) is 6.69. The minimum atomic E-state index is -1.09. The number of ether oxygens (including phenoxy) is 1. The Morgan fingerprint density at radius 1 is 1.48 bits per heavy atom. The number of halogens is 1. The normalized spacial score (nSPS) is 17.1. The molecule has 1 aromatic carbocycles. The molecule has 2 amide bonds. The molecule has 0 aromatic heterocycles. The smallest absolute Gasteiger partial charge is 0.328 e. The van der Waals surface area contributed by atoms with Crippen LogP contribution in [-0.4, -0.2) is 45.2 Å². The molecule has 0 radical (unpaired) electrons. The van der Waals surface area contributed by atoms with E-state index in [9.17, 15) is 29.6 Å². The number of hydrogen-bond acceptors (Lipinski definition) is 8. The van der Waals surface area contributed by atoms with Crippen molar-refractivity contribution in [2.45, 2.75) is 13.0 Å². The Hall–Kier alpha value is -2.40. The second kappa shape index (κ2) is 7.23. The number of carbonyl (C=O) groups excluding carboxylic acids is 3. The van der Waals surface area contributed by atoms with Gasteiger partial charge in [0, 0.05) is 6.07 Å². The third-order valence-corrected chi connectivity index (χ3v) is 4.80. The molecule has 132 valence electrons. The van der Waals surface area contributed by atoms with Crippen LogP contribution in [0.4, 0.5) is 10.5 Å². The maximum atomic E-state index is 12.4. The number of hydrogen-bond donors (Lipinski definition) is 1. The molecule has 1 aliphatic heterocycles. The minimum Gasteiger partial charge on any atom is -0.501 e. The number of nitro groups is 1. The molecule has 1 N–H and O–H groups in total. The van der Waals surface area contributed by atoms with E-state index < -0.39 is 39.5 Å². The van der Waals surface area contributed by atoms with Crippen molar-refractivity contribution in [2.75, 3.05) is 7.11 Å². The SMILES string of the molecule is COC(=O)[C@@H](C)N1C(=O)S/C(=C/c2cc(Br)c(O)c([N+](=O)[O-])c2)C1=O. The highest BCUT2D eigenvalue weighted by molar-refractivity contribution is 9.10. The fraction of sp³-hybridized carbons (Fsp3) is 0.214. The number of esters is 1. The van der Waals surface area contributed by atoms with E-state index in [1.165, 1.54) is 19.1 Å². The molecule has 0 unspecified atom stereocenters. The molecule has 25 heavy (non-hydrogen) atoms. The van der Waals surface area contributed by atoms with Gasteiger partial charge < -0.3 is 9.84 Å². The van der Waals surface area contributed by atoms with Crippen LogP contribution >= 0.6 is 27.7 Å². The summed E-state index contributed by atoms with van der Waals surface area (Å²) in [5.74, 6) is -2.00. The molecule has 2 rings (SSSR count). The molecule has 1 fully saturated rings. The number of benzene rings is 1. The molecule has 0 aliphatic carbocycles. The number of methoxy groups -OCH3 is 1. The lowest BCUT2D eigenvalue weighted by atomic mass is 10.1. The van der Waals surface area contributed by atoms with Gasteiger partial charge in [-0.25, -0.2) is 4.79 Å². The molecule has 0 saturated carbocycles. The summed E-state index contributed by atoms with van der Waals surface area (Å²) in [4.78, 5) is 46.8. The summed E-state index contributed by atoms with van der Waals surface area (Å²) in [7, 11) is 1.14. The lowest BCUT2D eigenvalue weighted by Gasteiger charge is -2.18. The van der Waals surface area contributed by atoms with Gasteiger partial charge in [0.1, 0.15) is 6.04 Å². The quantitative estimate of drug-likeness (QED) is 0.334. The van der Waals surface area contributed by atoms with Crippen LogP contribution < -0.4 is 0 Å². The van der Waals surface area contributed by atoms with Gasteiger partial charge in [-0.3, -0.25) is 24.6 Å². The van der Waals surface area contributed by atoms with Crippen LogP contribution in [0.3, 0.4) is 0 Å². The maximum Gasteiger partial charge on any atom is 0.328 e. The number of nitro benzene ring substituents is 1. The van der Waals surface area contributed by atoms with Gasteiger partial charge in [-0.05, 0) is 52.3 Å². The van der Waals surface area contributed by atoms with E-state index in [0.717, 1.165) is 18.1 Å². The van der Waals surface area contributed by atoms with Gasteiger partial charge in [-0.1, -0.05) is 0 Å². The number of amides is 2. The van der Waals surface area contributed by atoms with E-state index in [2.05, 4.69) is 20.7 Å². The third-order valence-electron chi connectivity index (χ3n) is 3.31. The van der Waals surface area contributed by atoms with Gasteiger partial charge in [0.25, 0.3) is 11.1 Å². The number of phenolic OH excluding ortho intramolecular Hbond substituents is 1. The van der Waals surface area contributed by atoms with Crippen LogP contribution in [0.1, 0.15) is 12.5 Å². The van der Waals surface area contributed by atoms with Crippen molar-refractivity contribution in [3.05, 3.63) is 37.2 Å². The van der Waals surface area contributed by atoms with E-state index in [1.807, 2.05) is 0 Å². The van der Waals surface area contributed by atoms with Crippen molar-refractivity contribution in [3.63, 3.8) is 0 Å². The first-order valence-corrected chi connectivity index (χ1v) is 8.30. The van der Waals surface area contributed by atoms with Crippen LogP contribution in [-0.2, 0) is 14.3 Å². The summed E-state index contributed by atoms with van der Waals surface area (Å²) >= 11 is 3.59. The fourth-order valence-corrected chi connectivity index (χ4v) is 3.44. The second-order valence-electron chi connectivity index (χ2n) is 4.88. The first-order chi connectivity index (χ1) is 11.7. The van der Waals surface area contributed by atoms with Crippen molar-refractivity contribution in [3.8, 4) is 5.75 Å². The molecule has 9 nitrogen and oxygen atoms in total. The predicted octanol–water partition coefficient (Wildman–Crippen LogP) is 2.66. The molecular formula is C14H11BrN2O7S. The lowest BCUT2D eigenvalue weighted by molar-refractivity contribution is -0.386. The maximum absolute atomic E-state index is 12.4. The van der Waals surface area contributed by atoms with Crippen LogP contribution in [0, 0.1) is 10.1 Å². The summed E-state index contributed by atoms with van der Waals surface area (Å²) in [6.07, 6.45) is 1.27. The van der Waals surface area contributed by atoms with Gasteiger partial charge >= 0.3 is 11.7 Å². The largest absolute Gasteiger partial charge is 0.501 e.